The van der Waals surface area contributed by atoms with E-state index >= 15 is 0 Å². The molecule has 2 fully saturated rings. The lowest BCUT2D eigenvalue weighted by atomic mass is 10.2. The van der Waals surface area contributed by atoms with Crippen molar-refractivity contribution in [3.63, 3.8) is 0 Å². The molecule has 2 unspecified atom stereocenters. The highest BCUT2D eigenvalue weighted by Crippen LogP contribution is 2.39. The molecule has 0 aromatic carbocycles. The van der Waals surface area contributed by atoms with Gasteiger partial charge in [-0.15, -0.1) is 0 Å². The number of anilines is 1. The Labute approximate surface area is 125 Å². The van der Waals surface area contributed by atoms with Gasteiger partial charge >= 0.3 is 5.69 Å². The third-order valence-electron chi connectivity index (χ3n) is 3.91. The SMILES string of the molecule is Nc1sc(S(=O)(=O)N2CCOC3CCCC32)cc1[N+](=O)[O-]. The zero-order valence-electron chi connectivity index (χ0n) is 11.1. The fraction of sp³-hybridized carbons (Fsp3) is 0.636. The first-order valence-corrected chi connectivity index (χ1v) is 8.84. The topological polar surface area (TPSA) is 116 Å². The number of nitro groups is 1. The van der Waals surface area contributed by atoms with Gasteiger partial charge in [-0.1, -0.05) is 11.3 Å². The van der Waals surface area contributed by atoms with Crippen LogP contribution in [0, 0.1) is 10.1 Å². The van der Waals surface area contributed by atoms with Crippen LogP contribution in [-0.4, -0.2) is 42.9 Å². The minimum atomic E-state index is -3.76. The maximum Gasteiger partial charge on any atom is 0.304 e. The van der Waals surface area contributed by atoms with Gasteiger partial charge in [0.15, 0.2) is 5.00 Å². The standard InChI is InChI=1S/C11H15N3O5S2/c12-11-8(14(15)16)6-10(20-11)21(17,18)13-4-5-19-9-3-1-2-7(9)13/h6-7,9H,1-5,12H2. The van der Waals surface area contributed by atoms with E-state index in [2.05, 4.69) is 0 Å². The molecular weight excluding hydrogens is 318 g/mol. The highest BCUT2D eigenvalue weighted by atomic mass is 32.2. The number of hydrogen-bond donors (Lipinski definition) is 1. The summed E-state index contributed by atoms with van der Waals surface area (Å²) in [7, 11) is -3.76. The predicted molar refractivity (Wildman–Crippen MR) is 76.7 cm³/mol. The Morgan fingerprint density at radius 3 is 2.90 bits per heavy atom. The van der Waals surface area contributed by atoms with Crippen molar-refractivity contribution < 1.29 is 18.1 Å². The van der Waals surface area contributed by atoms with Crippen molar-refractivity contribution in [2.75, 3.05) is 18.9 Å². The van der Waals surface area contributed by atoms with E-state index in [0.29, 0.717) is 6.61 Å². The normalized spacial score (nSPS) is 26.7. The number of nitrogen functional groups attached to an aromatic ring is 1. The van der Waals surface area contributed by atoms with Gasteiger partial charge in [0.1, 0.15) is 4.21 Å². The smallest absolute Gasteiger partial charge is 0.304 e. The molecule has 1 saturated carbocycles. The second-order valence-electron chi connectivity index (χ2n) is 5.10. The van der Waals surface area contributed by atoms with Gasteiger partial charge in [-0.05, 0) is 19.3 Å². The van der Waals surface area contributed by atoms with Crippen LogP contribution in [0.1, 0.15) is 19.3 Å². The maximum absolute atomic E-state index is 12.7. The Morgan fingerprint density at radius 2 is 2.24 bits per heavy atom. The molecule has 2 heterocycles. The van der Waals surface area contributed by atoms with Gasteiger partial charge in [-0.25, -0.2) is 8.42 Å². The Kier molecular flexibility index (Phi) is 3.64. The van der Waals surface area contributed by atoms with Crippen LogP contribution in [0.15, 0.2) is 10.3 Å². The van der Waals surface area contributed by atoms with Gasteiger partial charge in [0.05, 0.1) is 23.7 Å². The first-order valence-electron chi connectivity index (χ1n) is 6.58. The second kappa shape index (κ2) is 5.20. The fourth-order valence-electron chi connectivity index (χ4n) is 2.95. The summed E-state index contributed by atoms with van der Waals surface area (Å²) < 4.78 is 32.4. The Hall–Kier alpha value is -1.23. The molecule has 0 radical (unpaired) electrons. The molecule has 1 saturated heterocycles. The number of nitrogens with two attached hydrogens (primary N) is 1. The highest BCUT2D eigenvalue weighted by Gasteiger charge is 2.43. The van der Waals surface area contributed by atoms with Crippen LogP contribution < -0.4 is 5.73 Å². The molecule has 8 nitrogen and oxygen atoms in total. The minimum Gasteiger partial charge on any atom is -0.385 e. The van der Waals surface area contributed by atoms with E-state index < -0.39 is 14.9 Å². The Bertz CT molecular complexity index is 671. The van der Waals surface area contributed by atoms with Crippen molar-refractivity contribution in [1.82, 2.24) is 4.31 Å². The van der Waals surface area contributed by atoms with Crippen LogP contribution in [0.5, 0.6) is 0 Å². The summed E-state index contributed by atoms with van der Waals surface area (Å²) in [5, 5.41) is 10.7. The summed E-state index contributed by atoms with van der Waals surface area (Å²) in [5.74, 6) is 0. The molecule has 10 heteroatoms. The van der Waals surface area contributed by atoms with Gasteiger partial charge < -0.3 is 10.5 Å². The average Bonchev–Trinajstić information content (AvgIpc) is 3.03. The number of hydrogen-bond acceptors (Lipinski definition) is 7. The Balaban J connectivity index is 1.96. The number of ether oxygens (including phenoxy) is 1. The quantitative estimate of drug-likeness (QED) is 0.656. The lowest BCUT2D eigenvalue weighted by Crippen LogP contribution is -2.50. The van der Waals surface area contributed by atoms with Crippen molar-refractivity contribution in [3.8, 4) is 0 Å². The monoisotopic (exact) mass is 333 g/mol. The van der Waals surface area contributed by atoms with E-state index in [1.807, 2.05) is 0 Å². The zero-order valence-corrected chi connectivity index (χ0v) is 12.7. The van der Waals surface area contributed by atoms with E-state index in [0.717, 1.165) is 36.7 Å². The summed E-state index contributed by atoms with van der Waals surface area (Å²) in [6.45, 7) is 0.623. The summed E-state index contributed by atoms with van der Waals surface area (Å²) >= 11 is 0.743. The molecule has 2 N–H and O–H groups in total. The maximum atomic E-state index is 12.7. The lowest BCUT2D eigenvalue weighted by molar-refractivity contribution is -0.383. The number of rotatable bonds is 3. The van der Waals surface area contributed by atoms with E-state index in [-0.39, 0.29) is 33.6 Å². The number of fused-ring (bicyclic) bond motifs is 1. The molecule has 0 spiro atoms. The van der Waals surface area contributed by atoms with Gasteiger partial charge in [0.2, 0.25) is 0 Å². The van der Waals surface area contributed by atoms with Crippen LogP contribution in [0.2, 0.25) is 0 Å². The third kappa shape index (κ3) is 2.41. The third-order valence-corrected chi connectivity index (χ3v) is 7.24. The summed E-state index contributed by atoms with van der Waals surface area (Å²) in [5.41, 5.74) is 5.19. The van der Waals surface area contributed by atoms with Crippen LogP contribution in [0.4, 0.5) is 10.7 Å². The van der Waals surface area contributed by atoms with E-state index in [9.17, 15) is 18.5 Å². The Morgan fingerprint density at radius 1 is 1.48 bits per heavy atom. The molecule has 1 aromatic rings. The number of sulfonamides is 1. The van der Waals surface area contributed by atoms with Gasteiger partial charge in [0, 0.05) is 12.6 Å². The van der Waals surface area contributed by atoms with Crippen LogP contribution in [0.3, 0.4) is 0 Å². The summed E-state index contributed by atoms with van der Waals surface area (Å²) in [6.07, 6.45) is 2.46. The van der Waals surface area contributed by atoms with Gasteiger partial charge in [-0.3, -0.25) is 10.1 Å². The van der Waals surface area contributed by atoms with E-state index in [4.69, 9.17) is 10.5 Å². The van der Waals surface area contributed by atoms with Crippen molar-refractivity contribution in [1.29, 1.82) is 0 Å². The van der Waals surface area contributed by atoms with Gasteiger partial charge in [0.25, 0.3) is 10.0 Å². The number of thiophene rings is 1. The van der Waals surface area contributed by atoms with Crippen LogP contribution in [-0.2, 0) is 14.8 Å². The van der Waals surface area contributed by atoms with Crippen LogP contribution in [0.25, 0.3) is 0 Å². The first-order chi connectivity index (χ1) is 9.91. The van der Waals surface area contributed by atoms with Crippen molar-refractivity contribution in [2.45, 2.75) is 35.6 Å². The number of morpholine rings is 1. The molecule has 2 aliphatic rings. The molecule has 2 atom stereocenters. The summed E-state index contributed by atoms with van der Waals surface area (Å²) in [6, 6.07) is 0.875. The fourth-order valence-corrected chi connectivity index (χ4v) is 5.95. The van der Waals surface area contributed by atoms with Crippen molar-refractivity contribution in [3.05, 3.63) is 16.2 Å². The molecule has 1 aliphatic heterocycles. The van der Waals surface area contributed by atoms with E-state index in [1.54, 1.807) is 0 Å². The molecule has 116 valence electrons. The lowest BCUT2D eigenvalue weighted by Gasteiger charge is -2.36. The molecule has 1 aliphatic carbocycles. The van der Waals surface area contributed by atoms with Gasteiger partial charge in [-0.2, -0.15) is 4.31 Å². The van der Waals surface area contributed by atoms with Crippen molar-refractivity contribution >= 4 is 32.0 Å². The number of nitrogens with zero attached hydrogens (tertiary/aromatic N) is 2. The molecule has 0 amide bonds. The van der Waals surface area contributed by atoms with Crippen LogP contribution >= 0.6 is 11.3 Å². The summed E-state index contributed by atoms with van der Waals surface area (Å²) in [4.78, 5) is 10.2. The van der Waals surface area contributed by atoms with E-state index in [1.165, 1.54) is 4.31 Å². The minimum absolute atomic E-state index is 0.0687. The average molecular weight is 333 g/mol. The molecule has 0 bridgehead atoms. The zero-order chi connectivity index (χ0) is 15.2. The largest absolute Gasteiger partial charge is 0.385 e. The predicted octanol–water partition coefficient (Wildman–Crippen LogP) is 1.18. The second-order valence-corrected chi connectivity index (χ2v) is 8.30. The van der Waals surface area contributed by atoms with Crippen molar-refractivity contribution in [2.24, 2.45) is 0 Å². The molecule has 1 aromatic heterocycles. The molecule has 21 heavy (non-hydrogen) atoms. The first kappa shape index (κ1) is 14.7. The molecular formula is C11H15N3O5S2. The highest BCUT2D eigenvalue weighted by molar-refractivity contribution is 7.91. The molecule has 3 rings (SSSR count).